The van der Waals surface area contributed by atoms with E-state index in [1.165, 1.54) is 39.9 Å². The van der Waals surface area contributed by atoms with Crippen LogP contribution in [-0.2, 0) is 6.42 Å². The zero-order valence-corrected chi connectivity index (χ0v) is 27.9. The first-order chi connectivity index (χ1) is 22.4. The molecule has 246 valence electrons. The predicted octanol–water partition coefficient (Wildman–Crippen LogP) is 7.11. The van der Waals surface area contributed by atoms with Crippen LogP contribution in [0.4, 0.5) is 0 Å². The smallest absolute Gasteiger partial charge is 0.200 e. The van der Waals surface area contributed by atoms with Gasteiger partial charge in [0.15, 0.2) is 17.6 Å². The molecule has 0 radical (unpaired) electrons. The average molecular weight is 667 g/mol. The Labute approximate surface area is 277 Å². The Morgan fingerprint density at radius 1 is 0.957 bits per heavy atom. The maximum absolute atomic E-state index is 12.2. The van der Waals surface area contributed by atoms with E-state index in [9.17, 15) is 20.4 Å². The number of hydrogen-bond acceptors (Lipinski definition) is 10. The van der Waals surface area contributed by atoms with Crippen molar-refractivity contribution in [1.82, 2.24) is 0 Å². The number of phenols is 2. The van der Waals surface area contributed by atoms with E-state index < -0.39 is 12.2 Å². The summed E-state index contributed by atoms with van der Waals surface area (Å²) < 4.78 is 23.9. The van der Waals surface area contributed by atoms with Gasteiger partial charge in [0.05, 0.1) is 20.8 Å². The van der Waals surface area contributed by atoms with Crippen LogP contribution in [0.1, 0.15) is 78.7 Å². The molecule has 2 aliphatic carbocycles. The molecule has 0 saturated heterocycles. The molecule has 0 spiro atoms. The largest absolute Gasteiger partial charge is 0.508 e. The molecule has 7 rings (SSSR count). The number of rotatable bonds is 6. The number of aromatic hydroxyl groups is 2. The summed E-state index contributed by atoms with van der Waals surface area (Å²) in [6.45, 7) is -0.00920. The number of fused-ring (bicyclic) bond motifs is 6. The van der Waals surface area contributed by atoms with Crippen molar-refractivity contribution < 1.29 is 39.4 Å². The average Bonchev–Trinajstić information content (AvgIpc) is 3.07. The Kier molecular flexibility index (Phi) is 9.15. The van der Waals surface area contributed by atoms with E-state index in [0.29, 0.717) is 34.0 Å². The second-order valence-corrected chi connectivity index (χ2v) is 15.6. The third-order valence-electron chi connectivity index (χ3n) is 10.2. The van der Waals surface area contributed by atoms with Crippen LogP contribution >= 0.6 is 21.6 Å². The first kappa shape index (κ1) is 31.7. The molecule has 46 heavy (non-hydrogen) atoms. The normalized spacial score (nSPS) is 26.8. The van der Waals surface area contributed by atoms with Crippen LogP contribution in [0.3, 0.4) is 0 Å². The zero-order chi connectivity index (χ0) is 31.9. The van der Waals surface area contributed by atoms with Gasteiger partial charge in [0.2, 0.25) is 5.75 Å². The third kappa shape index (κ3) is 5.76. The van der Waals surface area contributed by atoms with Gasteiger partial charge >= 0.3 is 0 Å². The van der Waals surface area contributed by atoms with Crippen molar-refractivity contribution >= 4 is 21.6 Å². The van der Waals surface area contributed by atoms with E-state index in [2.05, 4.69) is 0 Å². The lowest BCUT2D eigenvalue weighted by molar-refractivity contribution is 0.00415. The predicted molar refractivity (Wildman–Crippen MR) is 181 cm³/mol. The highest BCUT2D eigenvalue weighted by Gasteiger charge is 2.44. The van der Waals surface area contributed by atoms with Crippen molar-refractivity contribution in [2.24, 2.45) is 5.92 Å². The second kappa shape index (κ2) is 13.3. The molecular weight excluding hydrogens is 625 g/mol. The highest BCUT2D eigenvalue weighted by Crippen LogP contribution is 2.57. The number of aliphatic hydroxyl groups excluding tert-OH is 2. The minimum atomic E-state index is -0.892. The summed E-state index contributed by atoms with van der Waals surface area (Å²) in [6, 6.07) is 10.9. The molecule has 1 saturated carbocycles. The molecule has 4 aliphatic rings. The van der Waals surface area contributed by atoms with Crippen LogP contribution in [0.25, 0.3) is 11.1 Å². The lowest BCUT2D eigenvalue weighted by atomic mass is 9.71. The van der Waals surface area contributed by atoms with Gasteiger partial charge in [-0.05, 0) is 84.9 Å². The lowest BCUT2D eigenvalue weighted by Gasteiger charge is -2.41. The van der Waals surface area contributed by atoms with E-state index in [1.807, 2.05) is 39.8 Å². The number of hydrogen-bond donors (Lipinski definition) is 4. The zero-order valence-electron chi connectivity index (χ0n) is 26.2. The van der Waals surface area contributed by atoms with Gasteiger partial charge in [0, 0.05) is 39.7 Å². The van der Waals surface area contributed by atoms with Crippen molar-refractivity contribution in [3.8, 4) is 45.6 Å². The van der Waals surface area contributed by atoms with Crippen molar-refractivity contribution in [3.63, 3.8) is 0 Å². The molecule has 3 aromatic rings. The monoisotopic (exact) mass is 666 g/mol. The van der Waals surface area contributed by atoms with Gasteiger partial charge in [0.25, 0.3) is 0 Å². The van der Waals surface area contributed by atoms with E-state index in [-0.39, 0.29) is 48.0 Å². The molecular formula is C36H42O8S2. The van der Waals surface area contributed by atoms with Crippen molar-refractivity contribution in [2.75, 3.05) is 33.2 Å². The van der Waals surface area contributed by atoms with Gasteiger partial charge in [-0.2, -0.15) is 0 Å². The fourth-order valence-corrected chi connectivity index (χ4v) is 11.2. The minimum Gasteiger partial charge on any atom is -0.508 e. The first-order valence-electron chi connectivity index (χ1n) is 16.2. The molecule has 8 nitrogen and oxygen atoms in total. The van der Waals surface area contributed by atoms with Crippen LogP contribution in [0.2, 0.25) is 0 Å². The van der Waals surface area contributed by atoms with E-state index in [1.54, 1.807) is 18.2 Å². The minimum absolute atomic E-state index is 0.108. The molecule has 10 heteroatoms. The molecule has 4 N–H and O–H groups in total. The van der Waals surface area contributed by atoms with Crippen molar-refractivity contribution in [2.45, 2.75) is 74.2 Å². The molecule has 2 heterocycles. The molecule has 3 aromatic carbocycles. The van der Waals surface area contributed by atoms with Crippen LogP contribution in [0.15, 0.2) is 36.4 Å². The van der Waals surface area contributed by atoms with Gasteiger partial charge in [-0.3, -0.25) is 0 Å². The summed E-state index contributed by atoms with van der Waals surface area (Å²) in [5.74, 6) is 3.23. The second-order valence-electron chi connectivity index (χ2n) is 12.9. The number of phenolic OH excluding ortho intramolecular Hbond substituents is 2. The molecule has 0 amide bonds. The quantitative estimate of drug-likeness (QED) is 0.203. The SMILES string of the molecule is COc1cc([C@H]2Oc3cc(OCCO)c4c5c3[C@H](CSS[C@H]3CCC[C@H](CC[C@@H](C5)c5cc(O)ccc5-4)C3)[C@H]2O)cc(OC)c1O. The summed E-state index contributed by atoms with van der Waals surface area (Å²) in [4.78, 5) is 0. The molecule has 0 aromatic heterocycles. The number of aliphatic hydroxyl groups is 2. The van der Waals surface area contributed by atoms with E-state index >= 15 is 0 Å². The Bertz CT molecular complexity index is 1570. The van der Waals surface area contributed by atoms with Gasteiger partial charge in [-0.1, -0.05) is 40.5 Å². The van der Waals surface area contributed by atoms with Gasteiger partial charge in [0.1, 0.15) is 30.0 Å². The topological polar surface area (TPSA) is 118 Å². The van der Waals surface area contributed by atoms with E-state index in [0.717, 1.165) is 47.1 Å². The highest BCUT2D eigenvalue weighted by atomic mass is 33.1. The summed E-state index contributed by atoms with van der Waals surface area (Å²) in [6.07, 6.45) is 6.21. The number of ether oxygens (including phenoxy) is 4. The fraction of sp³-hybridized carbons (Fsp3) is 0.500. The highest BCUT2D eigenvalue weighted by molar-refractivity contribution is 8.76. The first-order valence-corrected chi connectivity index (χ1v) is 18.6. The van der Waals surface area contributed by atoms with Gasteiger partial charge in [-0.25, -0.2) is 0 Å². The summed E-state index contributed by atoms with van der Waals surface area (Å²) in [5.41, 5.74) is 5.87. The maximum atomic E-state index is 12.2. The standard InChI is InChI=1S/C36H42O8S2/c1-41-30-14-21(15-31(42-2)35(30)40)36-34(39)27-18-45-46-23-5-3-4-19(12-23)6-7-20-13-26-32(24-9-8-22(38)16-25(20)24)28(43-11-10-37)17-29(44-36)33(26)27/h8-9,14-17,19-20,23,27,34,36-40H,3-7,10-13,18H2,1-2H3/t19-,20+,23+,27+,34-,36-/m1/s1. The molecule has 4 bridgehead atoms. The van der Waals surface area contributed by atoms with Crippen LogP contribution in [-0.4, -0.2) is 65.0 Å². The van der Waals surface area contributed by atoms with Gasteiger partial charge < -0.3 is 39.4 Å². The van der Waals surface area contributed by atoms with Crippen molar-refractivity contribution in [3.05, 3.63) is 58.7 Å². The van der Waals surface area contributed by atoms with Crippen LogP contribution in [0, 0.1) is 5.92 Å². The Morgan fingerprint density at radius 3 is 2.52 bits per heavy atom. The summed E-state index contributed by atoms with van der Waals surface area (Å²) in [7, 11) is 6.77. The third-order valence-corrected chi connectivity index (χ3v) is 13.2. The molecule has 2 aliphatic heterocycles. The maximum Gasteiger partial charge on any atom is 0.200 e. The molecule has 1 fully saturated rings. The van der Waals surface area contributed by atoms with Crippen LogP contribution < -0.4 is 18.9 Å². The van der Waals surface area contributed by atoms with Crippen molar-refractivity contribution in [1.29, 1.82) is 0 Å². The Hall–Kier alpha value is -2.92. The summed E-state index contributed by atoms with van der Waals surface area (Å²) in [5, 5.41) is 43.8. The Morgan fingerprint density at radius 2 is 1.76 bits per heavy atom. The lowest BCUT2D eigenvalue weighted by Crippen LogP contribution is -2.37. The van der Waals surface area contributed by atoms with E-state index in [4.69, 9.17) is 18.9 Å². The Balaban J connectivity index is 1.42. The van der Waals surface area contributed by atoms with Crippen LogP contribution in [0.5, 0.6) is 34.5 Å². The van der Waals surface area contributed by atoms with Gasteiger partial charge in [-0.15, -0.1) is 0 Å². The molecule has 6 atom stereocenters. The number of benzene rings is 3. The fourth-order valence-electron chi connectivity index (χ4n) is 8.06. The summed E-state index contributed by atoms with van der Waals surface area (Å²) >= 11 is 0. The number of methoxy groups -OCH3 is 2. The molecule has 0 unspecified atom stereocenters.